The number of nitrogens with zero attached hydrogens (tertiary/aromatic N) is 1. The van der Waals surface area contributed by atoms with Crippen LogP contribution in [0.5, 0.6) is 0 Å². The molecule has 0 unspecified atom stereocenters. The summed E-state index contributed by atoms with van der Waals surface area (Å²) in [6, 6.07) is 8.72. The summed E-state index contributed by atoms with van der Waals surface area (Å²) in [7, 11) is 4.13. The summed E-state index contributed by atoms with van der Waals surface area (Å²) >= 11 is 11.8. The molecule has 5 heteroatoms. The molecule has 0 spiro atoms. The second kappa shape index (κ2) is 8.70. The van der Waals surface area contributed by atoms with Crippen LogP contribution in [0.25, 0.3) is 0 Å². The third-order valence-corrected chi connectivity index (χ3v) is 4.89. The molecule has 0 saturated heterocycles. The number of thiocarbonyl (C=S) groups is 1. The van der Waals surface area contributed by atoms with Crippen molar-refractivity contribution in [2.24, 2.45) is 0 Å². The SMILES string of the molecule is CN(C)[C@H](CNC(=S)NC1CCCCC1)c1ccccc1Cl. The highest BCUT2D eigenvalue weighted by Crippen LogP contribution is 2.25. The second-order valence-corrected chi connectivity index (χ2v) is 7.01. The lowest BCUT2D eigenvalue weighted by atomic mass is 9.96. The summed E-state index contributed by atoms with van der Waals surface area (Å²) in [5.74, 6) is 0. The van der Waals surface area contributed by atoms with Crippen molar-refractivity contribution in [1.82, 2.24) is 15.5 Å². The number of nitrogens with one attached hydrogen (secondary N) is 2. The van der Waals surface area contributed by atoms with Gasteiger partial charge in [-0.2, -0.15) is 0 Å². The summed E-state index contributed by atoms with van der Waals surface area (Å²) in [5, 5.41) is 8.36. The van der Waals surface area contributed by atoms with Crippen molar-refractivity contribution < 1.29 is 0 Å². The Balaban J connectivity index is 1.89. The van der Waals surface area contributed by atoms with Gasteiger partial charge in [0.15, 0.2) is 5.11 Å². The first-order valence-electron chi connectivity index (χ1n) is 8.03. The number of hydrogen-bond acceptors (Lipinski definition) is 2. The summed E-state index contributed by atoms with van der Waals surface area (Å²) in [5.41, 5.74) is 1.13. The van der Waals surface area contributed by atoms with Crippen LogP contribution in [-0.4, -0.2) is 36.7 Å². The molecule has 122 valence electrons. The Kier molecular flexibility index (Phi) is 6.93. The topological polar surface area (TPSA) is 27.3 Å². The summed E-state index contributed by atoms with van der Waals surface area (Å²) in [6.07, 6.45) is 6.42. The van der Waals surface area contributed by atoms with E-state index in [1.807, 2.05) is 18.2 Å². The van der Waals surface area contributed by atoms with Crippen molar-refractivity contribution >= 4 is 28.9 Å². The molecule has 1 atom stereocenters. The normalized spacial score (nSPS) is 17.3. The lowest BCUT2D eigenvalue weighted by molar-refractivity contribution is 0.298. The molecule has 0 radical (unpaired) electrons. The van der Waals surface area contributed by atoms with Crippen molar-refractivity contribution in [3.8, 4) is 0 Å². The van der Waals surface area contributed by atoms with Gasteiger partial charge in [0.25, 0.3) is 0 Å². The Bertz CT molecular complexity index is 487. The van der Waals surface area contributed by atoms with Crippen LogP contribution in [0, 0.1) is 0 Å². The van der Waals surface area contributed by atoms with E-state index in [2.05, 4.69) is 35.7 Å². The highest BCUT2D eigenvalue weighted by atomic mass is 35.5. The lowest BCUT2D eigenvalue weighted by Gasteiger charge is -2.28. The maximum Gasteiger partial charge on any atom is 0.166 e. The Morgan fingerprint density at radius 3 is 2.59 bits per heavy atom. The van der Waals surface area contributed by atoms with E-state index in [1.165, 1.54) is 32.1 Å². The van der Waals surface area contributed by atoms with E-state index in [-0.39, 0.29) is 6.04 Å². The number of hydrogen-bond donors (Lipinski definition) is 2. The highest BCUT2D eigenvalue weighted by Gasteiger charge is 2.18. The van der Waals surface area contributed by atoms with Crippen LogP contribution in [0.2, 0.25) is 5.02 Å². The predicted molar refractivity (Wildman–Crippen MR) is 98.5 cm³/mol. The van der Waals surface area contributed by atoms with Gasteiger partial charge in [-0.15, -0.1) is 0 Å². The largest absolute Gasteiger partial charge is 0.361 e. The van der Waals surface area contributed by atoms with Crippen molar-refractivity contribution in [2.75, 3.05) is 20.6 Å². The molecule has 2 rings (SSSR count). The van der Waals surface area contributed by atoms with Crippen molar-refractivity contribution in [3.63, 3.8) is 0 Å². The third kappa shape index (κ3) is 5.11. The molecule has 3 nitrogen and oxygen atoms in total. The van der Waals surface area contributed by atoms with Crippen molar-refractivity contribution in [3.05, 3.63) is 34.9 Å². The van der Waals surface area contributed by atoms with Crippen LogP contribution in [0.15, 0.2) is 24.3 Å². The summed E-state index contributed by atoms with van der Waals surface area (Å²) in [4.78, 5) is 2.16. The lowest BCUT2D eigenvalue weighted by Crippen LogP contribution is -2.45. The molecule has 0 heterocycles. The van der Waals surface area contributed by atoms with Crippen LogP contribution in [0.3, 0.4) is 0 Å². The number of likely N-dealkylation sites (N-methyl/N-ethyl adjacent to an activating group) is 1. The minimum atomic E-state index is 0.194. The van der Waals surface area contributed by atoms with Crippen LogP contribution in [0.4, 0.5) is 0 Å². The van der Waals surface area contributed by atoms with Gasteiger partial charge in [-0.25, -0.2) is 0 Å². The maximum absolute atomic E-state index is 6.33. The molecule has 0 aromatic heterocycles. The molecule has 0 amide bonds. The molecule has 0 bridgehead atoms. The minimum absolute atomic E-state index is 0.194. The predicted octanol–water partition coefficient (Wildman–Crippen LogP) is 3.74. The fourth-order valence-electron chi connectivity index (χ4n) is 2.99. The smallest absolute Gasteiger partial charge is 0.166 e. The molecule has 1 aromatic carbocycles. The van der Waals surface area contributed by atoms with Gasteiger partial charge < -0.3 is 15.5 Å². The number of rotatable bonds is 5. The van der Waals surface area contributed by atoms with Gasteiger partial charge in [-0.1, -0.05) is 49.1 Å². The molecule has 1 aromatic rings. The van der Waals surface area contributed by atoms with Crippen molar-refractivity contribution in [1.29, 1.82) is 0 Å². The average molecular weight is 340 g/mol. The van der Waals surface area contributed by atoms with Gasteiger partial charge in [0.05, 0.1) is 6.04 Å². The monoisotopic (exact) mass is 339 g/mol. The van der Waals surface area contributed by atoms with Gasteiger partial charge >= 0.3 is 0 Å². The zero-order chi connectivity index (χ0) is 15.9. The summed E-state index contributed by atoms with van der Waals surface area (Å²) in [6.45, 7) is 0.745. The molecule has 1 saturated carbocycles. The van der Waals surface area contributed by atoms with E-state index >= 15 is 0 Å². The first kappa shape index (κ1) is 17.5. The van der Waals surface area contributed by atoms with Crippen LogP contribution in [0.1, 0.15) is 43.7 Å². The average Bonchev–Trinajstić information content (AvgIpc) is 2.50. The zero-order valence-corrected chi connectivity index (χ0v) is 15.0. The molecule has 2 N–H and O–H groups in total. The number of benzene rings is 1. The molecule has 0 aliphatic heterocycles. The first-order valence-corrected chi connectivity index (χ1v) is 8.81. The molecule has 1 aliphatic rings. The minimum Gasteiger partial charge on any atom is -0.361 e. The second-order valence-electron chi connectivity index (χ2n) is 6.19. The van der Waals surface area contributed by atoms with Gasteiger partial charge in [-0.3, -0.25) is 0 Å². The van der Waals surface area contributed by atoms with Crippen molar-refractivity contribution in [2.45, 2.75) is 44.2 Å². The summed E-state index contributed by atoms with van der Waals surface area (Å²) < 4.78 is 0. The fraction of sp³-hybridized carbons (Fsp3) is 0.588. The molecular formula is C17H26ClN3S. The van der Waals surface area contributed by atoms with Crippen LogP contribution < -0.4 is 10.6 Å². The number of halogens is 1. The molecule has 1 aliphatic carbocycles. The Labute approximate surface area is 144 Å². The van der Waals surface area contributed by atoms with Gasteiger partial charge in [0, 0.05) is 17.6 Å². The molecular weight excluding hydrogens is 314 g/mol. The fourth-order valence-corrected chi connectivity index (χ4v) is 3.50. The zero-order valence-electron chi connectivity index (χ0n) is 13.4. The standard InChI is InChI=1S/C17H26ClN3S/c1-21(2)16(14-10-6-7-11-15(14)18)12-19-17(22)20-13-8-4-3-5-9-13/h6-7,10-11,13,16H,3-5,8-9,12H2,1-2H3,(H2,19,20,22)/t16-/m1/s1. The van der Waals surface area contributed by atoms with E-state index in [4.69, 9.17) is 23.8 Å². The van der Waals surface area contributed by atoms with E-state index in [1.54, 1.807) is 0 Å². The molecule has 1 fully saturated rings. The van der Waals surface area contributed by atoms with Gasteiger partial charge in [0.2, 0.25) is 0 Å². The Morgan fingerprint density at radius 2 is 1.95 bits per heavy atom. The van der Waals surface area contributed by atoms with E-state index in [0.717, 1.165) is 22.2 Å². The van der Waals surface area contributed by atoms with Crippen LogP contribution in [-0.2, 0) is 0 Å². The van der Waals surface area contributed by atoms with Gasteiger partial charge in [-0.05, 0) is 50.8 Å². The maximum atomic E-state index is 6.33. The first-order chi connectivity index (χ1) is 10.6. The third-order valence-electron chi connectivity index (χ3n) is 4.28. The van der Waals surface area contributed by atoms with E-state index in [9.17, 15) is 0 Å². The highest BCUT2D eigenvalue weighted by molar-refractivity contribution is 7.80. The van der Waals surface area contributed by atoms with E-state index in [0.29, 0.717) is 6.04 Å². The Morgan fingerprint density at radius 1 is 1.27 bits per heavy atom. The van der Waals surface area contributed by atoms with Gasteiger partial charge in [0.1, 0.15) is 0 Å². The van der Waals surface area contributed by atoms with Crippen LogP contribution >= 0.6 is 23.8 Å². The quantitative estimate of drug-likeness (QED) is 0.799. The Hall–Kier alpha value is -0.840. The molecule has 22 heavy (non-hydrogen) atoms. The van der Waals surface area contributed by atoms with E-state index < -0.39 is 0 Å².